The summed E-state index contributed by atoms with van der Waals surface area (Å²) >= 11 is 2.16. The van der Waals surface area contributed by atoms with E-state index in [0.717, 1.165) is 20.6 Å². The first kappa shape index (κ1) is 16.6. The van der Waals surface area contributed by atoms with Crippen molar-refractivity contribution in [2.45, 2.75) is 13.0 Å². The average Bonchev–Trinajstić information content (AvgIpc) is 2.54. The van der Waals surface area contributed by atoms with Crippen LogP contribution in [0.1, 0.15) is 28.9 Å². The highest BCUT2D eigenvalue weighted by atomic mass is 127. The highest BCUT2D eigenvalue weighted by molar-refractivity contribution is 14.1. The summed E-state index contributed by atoms with van der Waals surface area (Å²) < 4.78 is 11.5. The van der Waals surface area contributed by atoms with E-state index in [9.17, 15) is 4.79 Å². The number of benzene rings is 2. The van der Waals surface area contributed by atoms with Gasteiger partial charge in [0.15, 0.2) is 0 Å². The van der Waals surface area contributed by atoms with Crippen LogP contribution < -0.4 is 14.8 Å². The van der Waals surface area contributed by atoms with Gasteiger partial charge in [0, 0.05) is 9.13 Å². The molecular formula is C17H18INO3. The summed E-state index contributed by atoms with van der Waals surface area (Å²) in [4.78, 5) is 12.4. The molecule has 0 saturated heterocycles. The molecule has 116 valence electrons. The van der Waals surface area contributed by atoms with Crippen LogP contribution in [0.2, 0.25) is 0 Å². The minimum absolute atomic E-state index is 0.109. The summed E-state index contributed by atoms with van der Waals surface area (Å²) in [6.07, 6.45) is 0. The van der Waals surface area contributed by atoms with Crippen molar-refractivity contribution in [1.29, 1.82) is 0 Å². The van der Waals surface area contributed by atoms with Gasteiger partial charge >= 0.3 is 0 Å². The lowest BCUT2D eigenvalue weighted by molar-refractivity contribution is 0.0938. The third kappa shape index (κ3) is 3.71. The molecule has 1 atom stereocenters. The number of ether oxygens (including phenoxy) is 2. The smallest absolute Gasteiger partial charge is 0.252 e. The van der Waals surface area contributed by atoms with Gasteiger partial charge in [0.05, 0.1) is 25.8 Å². The first-order valence-electron chi connectivity index (χ1n) is 6.84. The Labute approximate surface area is 144 Å². The second-order valence-electron chi connectivity index (χ2n) is 4.78. The normalized spacial score (nSPS) is 11.6. The minimum atomic E-state index is -0.200. The molecule has 0 aliphatic carbocycles. The van der Waals surface area contributed by atoms with Gasteiger partial charge in [-0.15, -0.1) is 0 Å². The Balaban J connectivity index is 2.23. The zero-order chi connectivity index (χ0) is 16.1. The van der Waals surface area contributed by atoms with Crippen LogP contribution in [0.25, 0.3) is 0 Å². The molecule has 4 nitrogen and oxygen atoms in total. The summed E-state index contributed by atoms with van der Waals surface area (Å²) in [5.74, 6) is 1.34. The van der Waals surface area contributed by atoms with Crippen molar-refractivity contribution in [3.8, 4) is 11.5 Å². The molecule has 0 aliphatic heterocycles. The van der Waals surface area contributed by atoms with Crippen molar-refractivity contribution in [3.63, 3.8) is 0 Å². The van der Waals surface area contributed by atoms with Crippen molar-refractivity contribution in [2.75, 3.05) is 14.2 Å². The fourth-order valence-corrected chi connectivity index (χ4v) is 2.81. The number of carbonyl (C=O) groups excluding carboxylic acids is 1. The first-order chi connectivity index (χ1) is 10.6. The molecule has 2 aromatic rings. The maximum Gasteiger partial charge on any atom is 0.252 e. The maximum atomic E-state index is 12.4. The summed E-state index contributed by atoms with van der Waals surface area (Å²) in [7, 11) is 3.22. The molecule has 5 heteroatoms. The molecular weight excluding hydrogens is 393 g/mol. The summed E-state index contributed by atoms with van der Waals surface area (Å²) in [6.45, 7) is 1.92. The van der Waals surface area contributed by atoms with E-state index in [0.29, 0.717) is 5.56 Å². The Hall–Kier alpha value is -1.76. The molecule has 1 N–H and O–H groups in total. The van der Waals surface area contributed by atoms with Crippen LogP contribution in [0.15, 0.2) is 42.5 Å². The number of halogens is 1. The van der Waals surface area contributed by atoms with Crippen LogP contribution >= 0.6 is 22.6 Å². The molecule has 0 heterocycles. The van der Waals surface area contributed by atoms with E-state index in [-0.39, 0.29) is 11.9 Å². The van der Waals surface area contributed by atoms with Crippen molar-refractivity contribution in [1.82, 2.24) is 5.32 Å². The predicted molar refractivity (Wildman–Crippen MR) is 94.6 cm³/mol. The topological polar surface area (TPSA) is 47.6 Å². The fraction of sp³-hybridized carbons (Fsp3) is 0.235. The first-order valence-corrected chi connectivity index (χ1v) is 7.92. The Bertz CT molecular complexity index is 673. The molecule has 0 radical (unpaired) electrons. The zero-order valence-corrected chi connectivity index (χ0v) is 14.9. The molecule has 1 amide bonds. The van der Waals surface area contributed by atoms with Crippen LogP contribution in [-0.2, 0) is 0 Å². The lowest BCUT2D eigenvalue weighted by atomic mass is 10.1. The lowest BCUT2D eigenvalue weighted by Gasteiger charge is -2.18. The number of hydrogen-bond donors (Lipinski definition) is 1. The standard InChI is InChI=1S/C17H18INO3/c1-11(14-10-12(21-2)8-9-16(14)22-3)19-17(20)13-6-4-5-7-15(13)18/h4-11H,1-3H3,(H,19,20)/t11-/m0/s1. The van der Waals surface area contributed by atoms with E-state index in [1.165, 1.54) is 0 Å². The van der Waals surface area contributed by atoms with Gasteiger partial charge in [-0.25, -0.2) is 0 Å². The quantitative estimate of drug-likeness (QED) is 0.762. The third-order valence-electron chi connectivity index (χ3n) is 3.37. The number of hydrogen-bond acceptors (Lipinski definition) is 3. The molecule has 0 aromatic heterocycles. The zero-order valence-electron chi connectivity index (χ0n) is 12.7. The number of methoxy groups -OCH3 is 2. The van der Waals surface area contributed by atoms with Crippen LogP contribution in [0.4, 0.5) is 0 Å². The average molecular weight is 411 g/mol. The van der Waals surface area contributed by atoms with E-state index in [4.69, 9.17) is 9.47 Å². The summed E-state index contributed by atoms with van der Waals surface area (Å²) in [5.41, 5.74) is 1.54. The van der Waals surface area contributed by atoms with Gasteiger partial charge in [0.1, 0.15) is 11.5 Å². The third-order valence-corrected chi connectivity index (χ3v) is 4.31. The second kappa shape index (κ2) is 7.49. The van der Waals surface area contributed by atoms with Crippen molar-refractivity contribution in [3.05, 3.63) is 57.2 Å². The van der Waals surface area contributed by atoms with Crippen LogP contribution in [0.5, 0.6) is 11.5 Å². The van der Waals surface area contributed by atoms with Gasteiger partial charge in [0.2, 0.25) is 0 Å². The second-order valence-corrected chi connectivity index (χ2v) is 5.95. The maximum absolute atomic E-state index is 12.4. The highest BCUT2D eigenvalue weighted by Crippen LogP contribution is 2.29. The summed E-state index contributed by atoms with van der Waals surface area (Å²) in [5, 5.41) is 3.00. The van der Waals surface area contributed by atoms with Gasteiger partial charge in [-0.3, -0.25) is 4.79 Å². The van der Waals surface area contributed by atoms with Gasteiger partial charge in [0.25, 0.3) is 5.91 Å². The molecule has 0 spiro atoms. The van der Waals surface area contributed by atoms with Crippen molar-refractivity contribution >= 4 is 28.5 Å². The number of amides is 1. The molecule has 0 bridgehead atoms. The molecule has 0 aliphatic rings. The number of carbonyl (C=O) groups is 1. The van der Waals surface area contributed by atoms with E-state index >= 15 is 0 Å². The Kier molecular flexibility index (Phi) is 5.65. The molecule has 0 saturated carbocycles. The monoisotopic (exact) mass is 411 g/mol. The highest BCUT2D eigenvalue weighted by Gasteiger charge is 2.17. The minimum Gasteiger partial charge on any atom is -0.497 e. The van der Waals surface area contributed by atoms with E-state index in [2.05, 4.69) is 27.9 Å². The van der Waals surface area contributed by atoms with Gasteiger partial charge in [-0.05, 0) is 59.8 Å². The van der Waals surface area contributed by atoms with Crippen LogP contribution in [0, 0.1) is 3.57 Å². The summed E-state index contributed by atoms with van der Waals surface area (Å²) in [6, 6.07) is 12.8. The molecule has 0 fully saturated rings. The van der Waals surface area contributed by atoms with Crippen molar-refractivity contribution < 1.29 is 14.3 Å². The number of rotatable bonds is 5. The molecule has 2 aromatic carbocycles. The van der Waals surface area contributed by atoms with Crippen LogP contribution in [-0.4, -0.2) is 20.1 Å². The SMILES string of the molecule is COc1ccc(OC)c([C@H](C)NC(=O)c2ccccc2I)c1. The Morgan fingerprint density at radius 2 is 1.86 bits per heavy atom. The van der Waals surface area contributed by atoms with Gasteiger partial charge in [-0.2, -0.15) is 0 Å². The largest absolute Gasteiger partial charge is 0.497 e. The van der Waals surface area contributed by atoms with Crippen molar-refractivity contribution in [2.24, 2.45) is 0 Å². The van der Waals surface area contributed by atoms with Gasteiger partial charge < -0.3 is 14.8 Å². The fourth-order valence-electron chi connectivity index (χ4n) is 2.18. The van der Waals surface area contributed by atoms with E-state index in [1.807, 2.05) is 49.4 Å². The molecule has 0 unspecified atom stereocenters. The Morgan fingerprint density at radius 1 is 1.14 bits per heavy atom. The lowest BCUT2D eigenvalue weighted by Crippen LogP contribution is -2.27. The number of nitrogens with one attached hydrogen (secondary N) is 1. The Morgan fingerprint density at radius 3 is 2.50 bits per heavy atom. The van der Waals surface area contributed by atoms with E-state index < -0.39 is 0 Å². The van der Waals surface area contributed by atoms with Crippen LogP contribution in [0.3, 0.4) is 0 Å². The predicted octanol–water partition coefficient (Wildman–Crippen LogP) is 3.80. The van der Waals surface area contributed by atoms with E-state index in [1.54, 1.807) is 14.2 Å². The molecule has 2 rings (SSSR count). The van der Waals surface area contributed by atoms with Gasteiger partial charge in [-0.1, -0.05) is 12.1 Å². The molecule has 22 heavy (non-hydrogen) atoms.